The van der Waals surface area contributed by atoms with Crippen LogP contribution in [0, 0.1) is 0 Å². The number of unbranched alkanes of at least 4 members (excludes halogenated alkanes) is 6. The maximum atomic E-state index is 11.0. The third-order valence-electron chi connectivity index (χ3n) is 2.78. The highest BCUT2D eigenvalue weighted by molar-refractivity contribution is 7.87. The quantitative estimate of drug-likeness (QED) is 0.276. The van der Waals surface area contributed by atoms with Gasteiger partial charge in [-0.2, -0.15) is 13.7 Å². The molecule has 18 heavy (non-hydrogen) atoms. The molecule has 0 spiro atoms. The van der Waals surface area contributed by atoms with Crippen molar-refractivity contribution >= 4 is 16.1 Å². The van der Waals surface area contributed by atoms with Gasteiger partial charge in [0.25, 0.3) is 10.1 Å². The summed E-state index contributed by atoms with van der Waals surface area (Å²) in [5.74, 6) is -1.33. The summed E-state index contributed by atoms with van der Waals surface area (Å²) in [6.07, 6.45) is 6.78. The van der Waals surface area contributed by atoms with Gasteiger partial charge in [0.1, 0.15) is 0 Å². The Kier molecular flexibility index (Phi) is 8.95. The van der Waals surface area contributed by atoms with E-state index in [-0.39, 0.29) is 6.42 Å². The van der Waals surface area contributed by atoms with Crippen molar-refractivity contribution in [2.45, 2.75) is 63.5 Å². The molecule has 0 saturated heterocycles. The van der Waals surface area contributed by atoms with Gasteiger partial charge in [0.2, 0.25) is 0 Å². The van der Waals surface area contributed by atoms with E-state index in [9.17, 15) is 13.2 Å². The SMILES string of the molecule is CCCCCCCCCC(C(=O)OO)S(=O)(=O)O. The number of rotatable bonds is 10. The summed E-state index contributed by atoms with van der Waals surface area (Å²) >= 11 is 0. The zero-order valence-corrected chi connectivity index (χ0v) is 11.5. The fraction of sp³-hybridized carbons (Fsp3) is 0.909. The average molecular weight is 282 g/mol. The molecule has 0 bridgehead atoms. The fourth-order valence-electron chi connectivity index (χ4n) is 1.73. The van der Waals surface area contributed by atoms with Crippen LogP contribution in [0.4, 0.5) is 0 Å². The molecule has 0 aromatic rings. The van der Waals surface area contributed by atoms with E-state index in [0.717, 1.165) is 32.1 Å². The van der Waals surface area contributed by atoms with Crippen LogP contribution in [0.2, 0.25) is 0 Å². The molecule has 7 heteroatoms. The second-order valence-electron chi connectivity index (χ2n) is 4.32. The van der Waals surface area contributed by atoms with Crippen LogP contribution in [0.3, 0.4) is 0 Å². The molecule has 2 N–H and O–H groups in total. The second kappa shape index (κ2) is 9.29. The molecule has 1 unspecified atom stereocenters. The number of hydrogen-bond donors (Lipinski definition) is 2. The van der Waals surface area contributed by atoms with Gasteiger partial charge < -0.3 is 0 Å². The van der Waals surface area contributed by atoms with Crippen LogP contribution in [-0.4, -0.2) is 29.4 Å². The van der Waals surface area contributed by atoms with Crippen molar-refractivity contribution in [3.63, 3.8) is 0 Å². The molecule has 0 aromatic heterocycles. The van der Waals surface area contributed by atoms with Gasteiger partial charge in [-0.25, -0.2) is 4.79 Å². The van der Waals surface area contributed by atoms with Gasteiger partial charge in [-0.3, -0.25) is 9.44 Å². The average Bonchev–Trinajstić information content (AvgIpc) is 2.30. The molecular weight excluding hydrogens is 260 g/mol. The summed E-state index contributed by atoms with van der Waals surface area (Å²) in [6.45, 7) is 2.12. The van der Waals surface area contributed by atoms with E-state index < -0.39 is 21.3 Å². The predicted octanol–water partition coefficient (Wildman–Crippen LogP) is 2.40. The molecular formula is C11H22O6S. The summed E-state index contributed by atoms with van der Waals surface area (Å²) in [5.41, 5.74) is 0. The Hall–Kier alpha value is -0.660. The zero-order chi connectivity index (χ0) is 14.0. The Balaban J connectivity index is 3.89. The van der Waals surface area contributed by atoms with Gasteiger partial charge in [0.15, 0.2) is 5.25 Å². The fourth-order valence-corrected chi connectivity index (χ4v) is 2.48. The molecule has 1 atom stereocenters. The Bertz CT molecular complexity index is 324. The van der Waals surface area contributed by atoms with Gasteiger partial charge >= 0.3 is 5.97 Å². The van der Waals surface area contributed by atoms with Crippen LogP contribution < -0.4 is 0 Å². The Labute approximate surface area is 108 Å². The minimum atomic E-state index is -4.51. The summed E-state index contributed by atoms with van der Waals surface area (Å²) in [4.78, 5) is 14.3. The molecule has 0 aliphatic carbocycles. The van der Waals surface area contributed by atoms with Crippen LogP contribution in [0.25, 0.3) is 0 Å². The zero-order valence-electron chi connectivity index (χ0n) is 10.7. The lowest BCUT2D eigenvalue weighted by Gasteiger charge is -2.09. The standard InChI is InChI=1S/C11H22O6S/c1-2-3-4-5-6-7-8-9-10(11(12)17-13)18(14,15)16/h10,13H,2-9H2,1H3,(H,14,15,16). The van der Waals surface area contributed by atoms with Gasteiger partial charge in [-0.1, -0.05) is 51.9 Å². The molecule has 0 aliphatic heterocycles. The summed E-state index contributed by atoms with van der Waals surface area (Å²) in [7, 11) is -4.51. The Morgan fingerprint density at radius 2 is 1.61 bits per heavy atom. The highest BCUT2D eigenvalue weighted by Gasteiger charge is 2.32. The van der Waals surface area contributed by atoms with Crippen LogP contribution in [0.5, 0.6) is 0 Å². The molecule has 108 valence electrons. The van der Waals surface area contributed by atoms with Gasteiger partial charge in [-0.05, 0) is 6.42 Å². The Morgan fingerprint density at radius 1 is 1.11 bits per heavy atom. The minimum absolute atomic E-state index is 0.0357. The highest BCUT2D eigenvalue weighted by Crippen LogP contribution is 2.14. The lowest BCUT2D eigenvalue weighted by Crippen LogP contribution is -2.31. The normalized spacial score (nSPS) is 13.3. The molecule has 0 rings (SSSR count). The second-order valence-corrected chi connectivity index (χ2v) is 5.92. The van der Waals surface area contributed by atoms with E-state index in [0.29, 0.717) is 6.42 Å². The largest absolute Gasteiger partial charge is 0.362 e. The third-order valence-corrected chi connectivity index (χ3v) is 3.93. The Morgan fingerprint density at radius 3 is 2.06 bits per heavy atom. The topological polar surface area (TPSA) is 101 Å². The molecule has 6 nitrogen and oxygen atoms in total. The minimum Gasteiger partial charge on any atom is -0.299 e. The molecule has 0 aliphatic rings. The first-order valence-electron chi connectivity index (χ1n) is 6.25. The van der Waals surface area contributed by atoms with E-state index >= 15 is 0 Å². The predicted molar refractivity (Wildman–Crippen MR) is 66.7 cm³/mol. The van der Waals surface area contributed by atoms with E-state index in [1.165, 1.54) is 6.42 Å². The molecule has 0 amide bonds. The first kappa shape index (κ1) is 17.3. The third kappa shape index (κ3) is 7.62. The molecule has 0 heterocycles. The van der Waals surface area contributed by atoms with Crippen molar-refractivity contribution in [2.75, 3.05) is 0 Å². The van der Waals surface area contributed by atoms with E-state index in [1.54, 1.807) is 0 Å². The van der Waals surface area contributed by atoms with Crippen molar-refractivity contribution in [1.29, 1.82) is 0 Å². The summed E-state index contributed by atoms with van der Waals surface area (Å²) in [6, 6.07) is 0. The monoisotopic (exact) mass is 282 g/mol. The van der Waals surface area contributed by atoms with Crippen molar-refractivity contribution in [1.82, 2.24) is 0 Å². The first-order chi connectivity index (χ1) is 8.43. The molecule has 0 aromatic carbocycles. The van der Waals surface area contributed by atoms with Gasteiger partial charge in [-0.15, -0.1) is 0 Å². The molecule has 0 radical (unpaired) electrons. The lowest BCUT2D eigenvalue weighted by molar-refractivity contribution is -0.234. The van der Waals surface area contributed by atoms with Crippen molar-refractivity contribution in [3.05, 3.63) is 0 Å². The van der Waals surface area contributed by atoms with Gasteiger partial charge in [0, 0.05) is 0 Å². The van der Waals surface area contributed by atoms with Gasteiger partial charge in [0.05, 0.1) is 0 Å². The van der Waals surface area contributed by atoms with E-state index in [1.807, 2.05) is 0 Å². The first-order valence-corrected chi connectivity index (χ1v) is 7.75. The maximum Gasteiger partial charge on any atom is 0.362 e. The van der Waals surface area contributed by atoms with Crippen molar-refractivity contribution in [3.8, 4) is 0 Å². The lowest BCUT2D eigenvalue weighted by atomic mass is 10.1. The smallest absolute Gasteiger partial charge is 0.299 e. The maximum absolute atomic E-state index is 11.0. The van der Waals surface area contributed by atoms with Crippen LogP contribution in [-0.2, 0) is 19.8 Å². The number of carbonyl (C=O) groups is 1. The highest BCUT2D eigenvalue weighted by atomic mass is 32.2. The van der Waals surface area contributed by atoms with Crippen molar-refractivity contribution in [2.24, 2.45) is 0 Å². The number of hydrogen-bond acceptors (Lipinski definition) is 5. The van der Waals surface area contributed by atoms with Crippen LogP contribution >= 0.6 is 0 Å². The number of carbonyl (C=O) groups excluding carboxylic acids is 1. The molecule has 0 fully saturated rings. The van der Waals surface area contributed by atoms with Crippen LogP contribution in [0.15, 0.2) is 0 Å². The van der Waals surface area contributed by atoms with Crippen LogP contribution in [0.1, 0.15) is 58.3 Å². The van der Waals surface area contributed by atoms with E-state index in [2.05, 4.69) is 11.8 Å². The molecule has 0 saturated carbocycles. The van der Waals surface area contributed by atoms with E-state index in [4.69, 9.17) is 9.81 Å². The van der Waals surface area contributed by atoms with Crippen molar-refractivity contribution < 1.29 is 27.9 Å². The summed E-state index contributed by atoms with van der Waals surface area (Å²) < 4.78 is 30.6. The summed E-state index contributed by atoms with van der Waals surface area (Å²) in [5, 5.41) is 6.46.